The Labute approximate surface area is 134 Å². The molecule has 0 radical (unpaired) electrons. The molecule has 22 heavy (non-hydrogen) atoms. The predicted molar refractivity (Wildman–Crippen MR) is 76.4 cm³/mol. The van der Waals surface area contributed by atoms with Crippen molar-refractivity contribution in [2.45, 2.75) is 31.9 Å². The van der Waals surface area contributed by atoms with Crippen molar-refractivity contribution >= 4 is 22.3 Å². The topological polar surface area (TPSA) is 38.8 Å². The Morgan fingerprint density at radius 3 is 2.73 bits per heavy atom. The maximum atomic E-state index is 12.4. The number of carbonyl (C=O) groups excluding carboxylic acids is 1. The first-order chi connectivity index (χ1) is 10.1. The zero-order chi connectivity index (χ0) is 16.5. The maximum Gasteiger partial charge on any atom is 0.573 e. The van der Waals surface area contributed by atoms with E-state index in [4.69, 9.17) is 4.74 Å². The van der Waals surface area contributed by atoms with Crippen LogP contribution in [0.3, 0.4) is 0 Å². The molecule has 0 saturated carbocycles. The van der Waals surface area contributed by atoms with Crippen molar-refractivity contribution in [1.82, 2.24) is 4.90 Å². The Kier molecular flexibility index (Phi) is 4.72. The molecular weight excluding hydrogens is 367 g/mol. The summed E-state index contributed by atoms with van der Waals surface area (Å²) in [6, 6.07) is 4.16. The molecule has 4 nitrogen and oxygen atoms in total. The molecule has 1 aliphatic heterocycles. The predicted octanol–water partition coefficient (Wildman–Crippen LogP) is 3.44. The third-order valence-electron chi connectivity index (χ3n) is 3.32. The van der Waals surface area contributed by atoms with Crippen LogP contribution < -0.4 is 4.74 Å². The molecule has 0 N–H and O–H groups in total. The van der Waals surface area contributed by atoms with Crippen molar-refractivity contribution < 1.29 is 27.4 Å². The standard InChI is InChI=1S/C14H15BrF3NO3/c1-9-6-19(8-20)7-13(2,21-9)10-3-11(15)5-12(4-10)22-14(16,17)18/h3-5,8-9H,6-7H2,1-2H3/t9-,13+/m0/s1. The minimum absolute atomic E-state index is 0.227. The summed E-state index contributed by atoms with van der Waals surface area (Å²) in [6.45, 7) is 4.24. The van der Waals surface area contributed by atoms with Gasteiger partial charge in [-0.1, -0.05) is 15.9 Å². The summed E-state index contributed by atoms with van der Waals surface area (Å²) in [7, 11) is 0. The van der Waals surface area contributed by atoms with E-state index in [2.05, 4.69) is 20.7 Å². The van der Waals surface area contributed by atoms with Gasteiger partial charge in [0.1, 0.15) is 11.4 Å². The number of morpholine rings is 1. The van der Waals surface area contributed by atoms with E-state index < -0.39 is 12.0 Å². The lowest BCUT2D eigenvalue weighted by Crippen LogP contribution is -2.51. The second-order valence-electron chi connectivity index (χ2n) is 5.42. The summed E-state index contributed by atoms with van der Waals surface area (Å²) in [5.74, 6) is -0.336. The molecule has 0 aliphatic carbocycles. The lowest BCUT2D eigenvalue weighted by Gasteiger charge is -2.42. The van der Waals surface area contributed by atoms with Crippen LogP contribution in [-0.4, -0.2) is 36.9 Å². The highest BCUT2D eigenvalue weighted by molar-refractivity contribution is 9.10. The van der Waals surface area contributed by atoms with Crippen LogP contribution in [-0.2, 0) is 15.1 Å². The number of halogens is 4. The molecule has 1 saturated heterocycles. The fraction of sp³-hybridized carbons (Fsp3) is 0.500. The molecule has 1 fully saturated rings. The van der Waals surface area contributed by atoms with Crippen molar-refractivity contribution in [2.24, 2.45) is 0 Å². The van der Waals surface area contributed by atoms with E-state index in [0.29, 0.717) is 23.0 Å². The van der Waals surface area contributed by atoms with Crippen LogP contribution in [0.4, 0.5) is 13.2 Å². The van der Waals surface area contributed by atoms with Gasteiger partial charge in [-0.05, 0) is 37.6 Å². The smallest absolute Gasteiger partial charge is 0.406 e. The van der Waals surface area contributed by atoms with Crippen molar-refractivity contribution in [3.05, 3.63) is 28.2 Å². The van der Waals surface area contributed by atoms with E-state index in [0.717, 1.165) is 0 Å². The summed E-state index contributed by atoms with van der Waals surface area (Å²) in [4.78, 5) is 12.6. The molecule has 1 heterocycles. The monoisotopic (exact) mass is 381 g/mol. The van der Waals surface area contributed by atoms with Gasteiger partial charge in [-0.15, -0.1) is 13.2 Å². The average Bonchev–Trinajstić information content (AvgIpc) is 2.34. The summed E-state index contributed by atoms with van der Waals surface area (Å²) < 4.78 is 47.5. The van der Waals surface area contributed by atoms with E-state index in [1.807, 2.05) is 0 Å². The summed E-state index contributed by atoms with van der Waals surface area (Å²) in [5, 5.41) is 0. The zero-order valence-electron chi connectivity index (χ0n) is 12.0. The zero-order valence-corrected chi connectivity index (χ0v) is 13.6. The van der Waals surface area contributed by atoms with Crippen LogP contribution in [0.5, 0.6) is 5.75 Å². The molecule has 0 bridgehead atoms. The Morgan fingerprint density at radius 1 is 1.45 bits per heavy atom. The molecule has 8 heteroatoms. The van der Waals surface area contributed by atoms with Gasteiger partial charge >= 0.3 is 6.36 Å². The normalized spacial score (nSPS) is 25.9. The molecule has 2 atom stereocenters. The second-order valence-corrected chi connectivity index (χ2v) is 6.33. The number of hydrogen-bond donors (Lipinski definition) is 0. The molecular formula is C14H15BrF3NO3. The largest absolute Gasteiger partial charge is 0.573 e. The average molecular weight is 382 g/mol. The number of nitrogens with zero attached hydrogens (tertiary/aromatic N) is 1. The summed E-state index contributed by atoms with van der Waals surface area (Å²) in [5.41, 5.74) is -0.411. The summed E-state index contributed by atoms with van der Waals surface area (Å²) >= 11 is 3.17. The van der Waals surface area contributed by atoms with E-state index >= 15 is 0 Å². The Balaban J connectivity index is 2.36. The minimum atomic E-state index is -4.77. The van der Waals surface area contributed by atoms with Crippen LogP contribution in [0.1, 0.15) is 19.4 Å². The molecule has 0 unspecified atom stereocenters. The first kappa shape index (κ1) is 17.1. The Hall–Kier alpha value is -1.28. The van der Waals surface area contributed by atoms with E-state index in [9.17, 15) is 18.0 Å². The number of hydrogen-bond acceptors (Lipinski definition) is 3. The fourth-order valence-corrected chi connectivity index (χ4v) is 3.07. The van der Waals surface area contributed by atoms with Crippen LogP contribution in [0, 0.1) is 0 Å². The highest BCUT2D eigenvalue weighted by Crippen LogP contribution is 2.36. The lowest BCUT2D eigenvalue weighted by molar-refractivity contribution is -0.274. The molecule has 1 aromatic rings. The van der Waals surface area contributed by atoms with Gasteiger partial charge in [0.2, 0.25) is 6.41 Å². The van der Waals surface area contributed by atoms with Crippen molar-refractivity contribution in [3.8, 4) is 5.75 Å². The fourth-order valence-electron chi connectivity index (χ4n) is 2.60. The molecule has 1 aromatic carbocycles. The van der Waals surface area contributed by atoms with Gasteiger partial charge in [0, 0.05) is 11.0 Å². The van der Waals surface area contributed by atoms with Gasteiger partial charge in [-0.3, -0.25) is 4.79 Å². The minimum Gasteiger partial charge on any atom is -0.406 e. The number of rotatable bonds is 3. The second kappa shape index (κ2) is 6.08. The maximum absolute atomic E-state index is 12.4. The molecule has 1 amide bonds. The third-order valence-corrected chi connectivity index (χ3v) is 3.78. The molecule has 1 aliphatic rings. The van der Waals surface area contributed by atoms with Crippen LogP contribution in [0.15, 0.2) is 22.7 Å². The SMILES string of the molecule is C[C@H]1CN(C=O)C[C@](C)(c2cc(Br)cc(OC(F)(F)F)c2)O1. The van der Waals surface area contributed by atoms with E-state index in [-0.39, 0.29) is 18.4 Å². The Morgan fingerprint density at radius 2 is 2.14 bits per heavy atom. The highest BCUT2D eigenvalue weighted by atomic mass is 79.9. The number of alkyl halides is 3. The van der Waals surface area contributed by atoms with Crippen LogP contribution in [0.2, 0.25) is 0 Å². The third kappa shape index (κ3) is 4.13. The van der Waals surface area contributed by atoms with Gasteiger partial charge in [0.15, 0.2) is 0 Å². The lowest BCUT2D eigenvalue weighted by atomic mass is 9.93. The van der Waals surface area contributed by atoms with Crippen molar-refractivity contribution in [2.75, 3.05) is 13.1 Å². The first-order valence-electron chi connectivity index (χ1n) is 6.55. The number of amides is 1. The van der Waals surface area contributed by atoms with Crippen molar-refractivity contribution in [1.29, 1.82) is 0 Å². The highest BCUT2D eigenvalue weighted by Gasteiger charge is 2.38. The summed E-state index contributed by atoms with van der Waals surface area (Å²) in [6.07, 6.45) is -4.29. The Bertz CT molecular complexity index is 567. The quantitative estimate of drug-likeness (QED) is 0.752. The number of ether oxygens (including phenoxy) is 2. The number of carbonyl (C=O) groups is 1. The van der Waals surface area contributed by atoms with E-state index in [1.165, 1.54) is 12.1 Å². The van der Waals surface area contributed by atoms with Gasteiger partial charge in [0.25, 0.3) is 0 Å². The molecule has 0 spiro atoms. The van der Waals surface area contributed by atoms with E-state index in [1.54, 1.807) is 24.8 Å². The van der Waals surface area contributed by atoms with Gasteiger partial charge in [-0.25, -0.2) is 0 Å². The van der Waals surface area contributed by atoms with Gasteiger partial charge in [0.05, 0.1) is 12.6 Å². The van der Waals surface area contributed by atoms with Crippen molar-refractivity contribution in [3.63, 3.8) is 0 Å². The van der Waals surface area contributed by atoms with Crippen LogP contribution in [0.25, 0.3) is 0 Å². The number of benzene rings is 1. The first-order valence-corrected chi connectivity index (χ1v) is 7.34. The molecule has 0 aromatic heterocycles. The van der Waals surface area contributed by atoms with Gasteiger partial charge < -0.3 is 14.4 Å². The molecule has 2 rings (SSSR count). The van der Waals surface area contributed by atoms with Crippen LogP contribution >= 0.6 is 15.9 Å². The van der Waals surface area contributed by atoms with Gasteiger partial charge in [-0.2, -0.15) is 0 Å². The molecule has 122 valence electrons.